The summed E-state index contributed by atoms with van der Waals surface area (Å²) in [5.41, 5.74) is 6.92. The van der Waals surface area contributed by atoms with Crippen LogP contribution in [0.5, 0.6) is 11.6 Å². The van der Waals surface area contributed by atoms with Crippen LogP contribution in [0.15, 0.2) is 24.4 Å². The first-order valence-corrected chi connectivity index (χ1v) is 4.79. The minimum absolute atomic E-state index is 0.288. The van der Waals surface area contributed by atoms with Gasteiger partial charge in [-0.2, -0.15) is 0 Å². The number of hydrogen-bond acceptors (Lipinski definition) is 3. The molecular formula is C11H12FN3O. The van der Waals surface area contributed by atoms with Crippen LogP contribution in [-0.4, -0.2) is 9.78 Å². The third-order valence-corrected chi connectivity index (χ3v) is 2.18. The van der Waals surface area contributed by atoms with Crippen molar-refractivity contribution in [2.75, 3.05) is 5.73 Å². The van der Waals surface area contributed by atoms with Gasteiger partial charge in [0.15, 0.2) is 0 Å². The van der Waals surface area contributed by atoms with Crippen LogP contribution in [0, 0.1) is 12.7 Å². The van der Waals surface area contributed by atoms with Gasteiger partial charge in [-0.15, -0.1) is 5.10 Å². The molecule has 1 aromatic carbocycles. The zero-order chi connectivity index (χ0) is 11.7. The number of aryl methyl sites for hydroxylation is 2. The average molecular weight is 221 g/mol. The van der Waals surface area contributed by atoms with Crippen LogP contribution in [0.4, 0.5) is 10.1 Å². The number of anilines is 1. The van der Waals surface area contributed by atoms with Gasteiger partial charge in [0.1, 0.15) is 17.3 Å². The second-order valence-electron chi connectivity index (χ2n) is 3.58. The van der Waals surface area contributed by atoms with Gasteiger partial charge in [-0.3, -0.25) is 4.68 Å². The number of nitrogens with zero attached hydrogens (tertiary/aromatic N) is 2. The summed E-state index contributed by atoms with van der Waals surface area (Å²) in [4.78, 5) is 0. The number of nitrogens with two attached hydrogens (primary N) is 1. The molecule has 0 spiro atoms. The second-order valence-corrected chi connectivity index (χ2v) is 3.58. The van der Waals surface area contributed by atoms with Crippen LogP contribution in [0.2, 0.25) is 0 Å². The maximum Gasteiger partial charge on any atom is 0.261 e. The Hall–Kier alpha value is -2.04. The summed E-state index contributed by atoms with van der Waals surface area (Å²) >= 11 is 0. The molecule has 84 valence electrons. The molecule has 5 heteroatoms. The van der Waals surface area contributed by atoms with Gasteiger partial charge in [0.25, 0.3) is 5.88 Å². The lowest BCUT2D eigenvalue weighted by Crippen LogP contribution is -1.93. The molecule has 0 bridgehead atoms. The quantitative estimate of drug-likeness (QED) is 0.846. The van der Waals surface area contributed by atoms with Crippen LogP contribution >= 0.6 is 0 Å². The average Bonchev–Trinajstić information content (AvgIpc) is 2.51. The molecular weight excluding hydrogens is 209 g/mol. The number of benzene rings is 1. The van der Waals surface area contributed by atoms with Crippen molar-refractivity contribution in [3.63, 3.8) is 0 Å². The van der Waals surface area contributed by atoms with Crippen molar-refractivity contribution in [1.29, 1.82) is 0 Å². The summed E-state index contributed by atoms with van der Waals surface area (Å²) < 4.78 is 20.0. The lowest BCUT2D eigenvalue weighted by atomic mass is 10.2. The number of ether oxygens (including phenoxy) is 1. The highest BCUT2D eigenvalue weighted by atomic mass is 19.1. The molecule has 0 radical (unpaired) electrons. The molecule has 0 saturated carbocycles. The van der Waals surface area contributed by atoms with E-state index in [2.05, 4.69) is 5.10 Å². The fourth-order valence-electron chi connectivity index (χ4n) is 1.35. The molecule has 0 atom stereocenters. The molecule has 16 heavy (non-hydrogen) atoms. The summed E-state index contributed by atoms with van der Waals surface area (Å²) in [6, 6.07) is 4.33. The standard InChI is InChI=1S/C11H12FN3O/c1-7-3-4-8(12)5-10(7)16-11-9(13)6-15(2)14-11/h3-6H,13H2,1-2H3. The minimum atomic E-state index is -0.352. The van der Waals surface area contributed by atoms with Gasteiger partial charge in [-0.05, 0) is 18.6 Å². The van der Waals surface area contributed by atoms with Crippen molar-refractivity contribution in [1.82, 2.24) is 9.78 Å². The highest BCUT2D eigenvalue weighted by molar-refractivity contribution is 5.48. The third-order valence-electron chi connectivity index (χ3n) is 2.18. The van der Waals surface area contributed by atoms with E-state index in [0.29, 0.717) is 11.4 Å². The summed E-state index contributed by atoms with van der Waals surface area (Å²) in [6.07, 6.45) is 1.63. The highest BCUT2D eigenvalue weighted by Crippen LogP contribution is 2.28. The van der Waals surface area contributed by atoms with Crippen molar-refractivity contribution in [3.05, 3.63) is 35.8 Å². The number of rotatable bonds is 2. The van der Waals surface area contributed by atoms with E-state index in [1.54, 1.807) is 24.0 Å². The maximum atomic E-state index is 13.0. The van der Waals surface area contributed by atoms with Gasteiger partial charge < -0.3 is 10.5 Å². The lowest BCUT2D eigenvalue weighted by Gasteiger charge is -2.06. The normalized spacial score (nSPS) is 10.4. The van der Waals surface area contributed by atoms with Crippen molar-refractivity contribution in [2.45, 2.75) is 6.92 Å². The molecule has 0 amide bonds. The van der Waals surface area contributed by atoms with Crippen molar-refractivity contribution in [3.8, 4) is 11.6 Å². The predicted octanol–water partition coefficient (Wildman–Crippen LogP) is 2.24. The molecule has 0 unspecified atom stereocenters. The fraction of sp³-hybridized carbons (Fsp3) is 0.182. The van der Waals surface area contributed by atoms with Crippen LogP contribution < -0.4 is 10.5 Å². The number of halogens is 1. The molecule has 1 heterocycles. The van der Waals surface area contributed by atoms with Crippen LogP contribution in [0.1, 0.15) is 5.56 Å². The van der Waals surface area contributed by atoms with E-state index >= 15 is 0 Å². The monoisotopic (exact) mass is 221 g/mol. The molecule has 2 rings (SSSR count). The molecule has 0 aliphatic carbocycles. The Bertz CT molecular complexity index is 522. The zero-order valence-electron chi connectivity index (χ0n) is 9.07. The Balaban J connectivity index is 2.33. The Morgan fingerprint density at radius 2 is 2.19 bits per heavy atom. The van der Waals surface area contributed by atoms with Gasteiger partial charge in [-0.25, -0.2) is 4.39 Å². The number of nitrogen functional groups attached to an aromatic ring is 1. The summed E-state index contributed by atoms with van der Waals surface area (Å²) in [6.45, 7) is 1.83. The van der Waals surface area contributed by atoms with E-state index in [0.717, 1.165) is 5.56 Å². The summed E-state index contributed by atoms with van der Waals surface area (Å²) in [5, 5.41) is 4.02. The second kappa shape index (κ2) is 3.84. The van der Waals surface area contributed by atoms with Gasteiger partial charge in [0, 0.05) is 13.1 Å². The smallest absolute Gasteiger partial charge is 0.261 e. The van der Waals surface area contributed by atoms with Gasteiger partial charge in [-0.1, -0.05) is 6.07 Å². The molecule has 1 aromatic heterocycles. The van der Waals surface area contributed by atoms with Gasteiger partial charge >= 0.3 is 0 Å². The SMILES string of the molecule is Cc1ccc(F)cc1Oc1nn(C)cc1N. The van der Waals surface area contributed by atoms with Crippen molar-refractivity contribution in [2.24, 2.45) is 7.05 Å². The van der Waals surface area contributed by atoms with Crippen LogP contribution in [0.25, 0.3) is 0 Å². The van der Waals surface area contributed by atoms with E-state index in [-0.39, 0.29) is 11.7 Å². The highest BCUT2D eigenvalue weighted by Gasteiger charge is 2.09. The lowest BCUT2D eigenvalue weighted by molar-refractivity contribution is 0.448. The molecule has 2 N–H and O–H groups in total. The molecule has 0 fully saturated rings. The largest absolute Gasteiger partial charge is 0.436 e. The summed E-state index contributed by atoms with van der Waals surface area (Å²) in [5.74, 6) is 0.358. The topological polar surface area (TPSA) is 53.1 Å². The third kappa shape index (κ3) is 1.98. The van der Waals surface area contributed by atoms with Gasteiger partial charge in [0.2, 0.25) is 0 Å². The van der Waals surface area contributed by atoms with Crippen LogP contribution in [-0.2, 0) is 7.05 Å². The Morgan fingerprint density at radius 1 is 1.44 bits per heavy atom. The van der Waals surface area contributed by atoms with E-state index in [4.69, 9.17) is 10.5 Å². The minimum Gasteiger partial charge on any atom is -0.436 e. The Kier molecular flexibility index (Phi) is 2.52. The molecule has 2 aromatic rings. The summed E-state index contributed by atoms with van der Waals surface area (Å²) in [7, 11) is 1.74. The first-order valence-electron chi connectivity index (χ1n) is 4.79. The van der Waals surface area contributed by atoms with E-state index in [9.17, 15) is 4.39 Å². The van der Waals surface area contributed by atoms with E-state index < -0.39 is 0 Å². The van der Waals surface area contributed by atoms with E-state index in [1.165, 1.54) is 12.1 Å². The van der Waals surface area contributed by atoms with Gasteiger partial charge in [0.05, 0.1) is 6.20 Å². The Morgan fingerprint density at radius 3 is 2.81 bits per heavy atom. The maximum absolute atomic E-state index is 13.0. The predicted molar refractivity (Wildman–Crippen MR) is 58.8 cm³/mol. The molecule has 4 nitrogen and oxygen atoms in total. The molecule has 0 aliphatic heterocycles. The number of hydrogen-bond donors (Lipinski definition) is 1. The van der Waals surface area contributed by atoms with Crippen LogP contribution in [0.3, 0.4) is 0 Å². The molecule has 0 saturated heterocycles. The van der Waals surface area contributed by atoms with Crippen molar-refractivity contribution >= 4 is 5.69 Å². The first kappa shape index (κ1) is 10.5. The molecule has 0 aliphatic rings. The number of aromatic nitrogens is 2. The zero-order valence-corrected chi connectivity index (χ0v) is 9.07. The Labute approximate surface area is 92.4 Å². The first-order chi connectivity index (χ1) is 7.56. The van der Waals surface area contributed by atoms with E-state index in [1.807, 2.05) is 6.92 Å². The van der Waals surface area contributed by atoms with Crippen molar-refractivity contribution < 1.29 is 9.13 Å². The fourth-order valence-corrected chi connectivity index (χ4v) is 1.35.